The molecule has 0 bridgehead atoms. The Labute approximate surface area is 278 Å². The van der Waals surface area contributed by atoms with E-state index in [4.69, 9.17) is 21.7 Å². The second-order valence-corrected chi connectivity index (χ2v) is 14.8. The van der Waals surface area contributed by atoms with Crippen molar-refractivity contribution in [3.05, 3.63) is 83.9 Å². The van der Waals surface area contributed by atoms with Crippen LogP contribution in [-0.2, 0) is 29.3 Å². The van der Waals surface area contributed by atoms with Crippen molar-refractivity contribution in [3.8, 4) is 24.3 Å². The number of sulfone groups is 2. The summed E-state index contributed by atoms with van der Waals surface area (Å²) >= 11 is 0. The number of nitrogens with two attached hydrogens (primary N) is 1. The molecule has 0 aliphatic carbocycles. The Hall–Kier alpha value is -4.64. The average molecular weight is 688 g/mol. The quantitative estimate of drug-likeness (QED) is 0.215. The van der Waals surface area contributed by atoms with Crippen molar-refractivity contribution in [1.29, 1.82) is 0 Å². The summed E-state index contributed by atoms with van der Waals surface area (Å²) in [5, 5.41) is 15.5. The highest BCUT2D eigenvalue weighted by Crippen LogP contribution is 2.26. The topological polar surface area (TPSA) is 179 Å². The van der Waals surface area contributed by atoms with Crippen molar-refractivity contribution < 1.29 is 42.4 Å². The Kier molecular flexibility index (Phi) is 15.2. The molecule has 0 aliphatic heterocycles. The van der Waals surface area contributed by atoms with Crippen LogP contribution in [0.3, 0.4) is 0 Å². The van der Waals surface area contributed by atoms with Gasteiger partial charge in [-0.2, -0.15) is 0 Å². The summed E-state index contributed by atoms with van der Waals surface area (Å²) in [6, 6.07) is 22.9. The standard InChI is InChI=1S/C16H19NO4S.C14H14O3.C2H7NO2S.C2H2/c1-11(16(18)17-10-22(3,19)20)12-4-5-14-9-15(21-2)7-6-13(14)8-12;1-9(14(15)16)10-3-4-12-8-13(17-2)6-5-11(12)7-10;1-6(4,5)2-3;1-2/h4-9,11H,10H2,1-3H3,(H,17,18);3-9H,1-2H3,(H,15,16);2-3H2,1H3;1-2H/i;;;1D. The predicted octanol–water partition coefficient (Wildman–Crippen LogP) is 4.30. The third-order valence-corrected chi connectivity index (χ3v) is 7.99. The van der Waals surface area contributed by atoms with Gasteiger partial charge in [-0.3, -0.25) is 9.59 Å². The first-order valence-corrected chi connectivity index (χ1v) is 18.1. The van der Waals surface area contributed by atoms with Crippen LogP contribution in [0, 0.1) is 12.8 Å². The lowest BCUT2D eigenvalue weighted by Gasteiger charge is -2.13. The van der Waals surface area contributed by atoms with E-state index in [1.165, 1.54) is 6.40 Å². The number of terminal acetylenes is 1. The first-order valence-electron chi connectivity index (χ1n) is 14.5. The number of fused-ring (bicyclic) bond motifs is 2. The summed E-state index contributed by atoms with van der Waals surface area (Å²) in [6.07, 6.45) is 7.94. The largest absolute Gasteiger partial charge is 0.497 e. The van der Waals surface area contributed by atoms with Crippen LogP contribution in [0.5, 0.6) is 11.5 Å². The molecule has 2 atom stereocenters. The van der Waals surface area contributed by atoms with Crippen LogP contribution in [0.2, 0.25) is 0 Å². The van der Waals surface area contributed by atoms with E-state index in [1.54, 1.807) is 28.1 Å². The molecule has 0 heterocycles. The number of aliphatic carboxylic acids is 1. The van der Waals surface area contributed by atoms with Crippen molar-refractivity contribution in [1.82, 2.24) is 5.32 Å². The fourth-order valence-electron chi connectivity index (χ4n) is 3.93. The van der Waals surface area contributed by atoms with Gasteiger partial charge in [0.05, 0.1) is 31.9 Å². The number of hydrogen-bond acceptors (Lipinski definition) is 9. The Balaban J connectivity index is 0.000000391. The smallest absolute Gasteiger partial charge is 0.310 e. The SMILES string of the molecule is COc1ccc2cc(C(C)C(=O)NCS(C)(=O)=O)ccc2c1.COc1ccc2cc(C(C)C(=O)O)ccc2c1.CS(=O)(=O)CN.[2H]C#C. The predicted molar refractivity (Wildman–Crippen MR) is 187 cm³/mol. The number of rotatable bonds is 9. The number of hydrogen-bond donors (Lipinski definition) is 3. The number of benzene rings is 4. The summed E-state index contributed by atoms with van der Waals surface area (Å²) in [5.74, 6) is -1.05. The van der Waals surface area contributed by atoms with Gasteiger partial charge >= 0.3 is 5.97 Å². The molecule has 0 saturated heterocycles. The molecule has 1 amide bonds. The third kappa shape index (κ3) is 13.7. The highest BCUT2D eigenvalue weighted by molar-refractivity contribution is 7.90. The minimum Gasteiger partial charge on any atom is -0.497 e. The molecule has 0 saturated carbocycles. The molecule has 0 aliphatic rings. The number of nitrogens with one attached hydrogen (secondary N) is 1. The lowest BCUT2D eigenvalue weighted by Crippen LogP contribution is -2.32. The molecule has 11 nitrogen and oxygen atoms in total. The van der Waals surface area contributed by atoms with Crippen LogP contribution >= 0.6 is 0 Å². The number of carboxylic acids is 1. The van der Waals surface area contributed by atoms with Crippen LogP contribution in [-0.4, -0.2) is 72.3 Å². The summed E-state index contributed by atoms with van der Waals surface area (Å²) < 4.78 is 58.0. The molecule has 2 unspecified atom stereocenters. The molecule has 4 aromatic rings. The molecule has 47 heavy (non-hydrogen) atoms. The van der Waals surface area contributed by atoms with Crippen molar-refractivity contribution >= 4 is 53.1 Å². The minimum atomic E-state index is -3.22. The van der Waals surface area contributed by atoms with E-state index in [9.17, 15) is 26.4 Å². The number of carbonyl (C=O) groups is 2. The number of ether oxygens (including phenoxy) is 2. The molecule has 0 aromatic heterocycles. The van der Waals surface area contributed by atoms with E-state index < -0.39 is 37.5 Å². The zero-order chi connectivity index (χ0) is 36.7. The number of methoxy groups -OCH3 is 2. The molecule has 0 spiro atoms. The lowest BCUT2D eigenvalue weighted by molar-refractivity contribution is -0.138. The summed E-state index contributed by atoms with van der Waals surface area (Å²) in [4.78, 5) is 22.9. The maximum absolute atomic E-state index is 12.0. The van der Waals surface area contributed by atoms with Crippen LogP contribution in [0.1, 0.15) is 38.2 Å². The van der Waals surface area contributed by atoms with Crippen LogP contribution in [0.15, 0.2) is 72.8 Å². The first kappa shape index (κ1) is 38.5. The van der Waals surface area contributed by atoms with E-state index in [-0.39, 0.29) is 17.7 Å². The molecule has 13 heteroatoms. The normalized spacial score (nSPS) is 12.2. The fraction of sp³-hybridized carbons (Fsp3) is 0.294. The van der Waals surface area contributed by atoms with Crippen LogP contribution in [0.4, 0.5) is 0 Å². The minimum absolute atomic E-state index is 0.257. The Morgan fingerprint density at radius 3 is 1.49 bits per heavy atom. The lowest BCUT2D eigenvalue weighted by atomic mass is 9.97. The van der Waals surface area contributed by atoms with Gasteiger partial charge in [0.25, 0.3) is 0 Å². The van der Waals surface area contributed by atoms with Gasteiger partial charge in [-0.05, 0) is 70.8 Å². The van der Waals surface area contributed by atoms with Gasteiger partial charge in [0.1, 0.15) is 18.7 Å². The van der Waals surface area contributed by atoms with Crippen LogP contribution < -0.4 is 20.5 Å². The molecular weight excluding hydrogens is 645 g/mol. The average Bonchev–Trinajstić information content (AvgIpc) is 3.05. The summed E-state index contributed by atoms with van der Waals surface area (Å²) in [6.45, 7) is 3.44. The highest BCUT2D eigenvalue weighted by Gasteiger charge is 2.17. The maximum atomic E-state index is 12.0. The molecule has 254 valence electrons. The van der Waals surface area contributed by atoms with Gasteiger partial charge in [-0.1, -0.05) is 48.5 Å². The fourth-order valence-corrected chi connectivity index (χ4v) is 4.33. The zero-order valence-corrected chi connectivity index (χ0v) is 28.8. The van der Waals surface area contributed by atoms with E-state index in [2.05, 4.69) is 11.7 Å². The monoisotopic (exact) mass is 687 g/mol. The molecule has 0 radical (unpaired) electrons. The maximum Gasteiger partial charge on any atom is 0.310 e. The van der Waals surface area contributed by atoms with E-state index in [0.717, 1.165) is 56.7 Å². The molecule has 4 N–H and O–H groups in total. The highest BCUT2D eigenvalue weighted by atomic mass is 32.2. The summed E-state index contributed by atoms with van der Waals surface area (Å²) in [7, 11) is -2.87. The Morgan fingerprint density at radius 2 is 1.15 bits per heavy atom. The Bertz CT molecular complexity index is 1960. The van der Waals surface area contributed by atoms with Crippen molar-refractivity contribution in [2.24, 2.45) is 5.73 Å². The second kappa shape index (κ2) is 18.5. The van der Waals surface area contributed by atoms with Gasteiger partial charge in [-0.25, -0.2) is 16.8 Å². The zero-order valence-electron chi connectivity index (χ0n) is 28.2. The number of amides is 1. The van der Waals surface area contributed by atoms with Crippen molar-refractivity contribution in [2.75, 3.05) is 38.5 Å². The Morgan fingerprint density at radius 1 is 0.787 bits per heavy atom. The van der Waals surface area contributed by atoms with E-state index in [0.29, 0.717) is 0 Å². The van der Waals surface area contributed by atoms with E-state index in [1.807, 2.05) is 72.8 Å². The second-order valence-electron chi connectivity index (χ2n) is 10.4. The molecule has 4 aromatic carbocycles. The van der Waals surface area contributed by atoms with Gasteiger partial charge in [0, 0.05) is 12.5 Å². The van der Waals surface area contributed by atoms with Gasteiger partial charge < -0.3 is 25.6 Å². The van der Waals surface area contributed by atoms with E-state index >= 15 is 0 Å². The third-order valence-electron chi connectivity index (χ3n) is 6.72. The number of carbonyl (C=O) groups excluding carboxylic acids is 1. The molecular formula is C34H42N2O9S2. The molecule has 0 fully saturated rings. The first-order chi connectivity index (χ1) is 22.4. The molecule has 4 rings (SSSR count). The van der Waals surface area contributed by atoms with Gasteiger partial charge in [-0.15, -0.1) is 12.8 Å². The van der Waals surface area contributed by atoms with Crippen molar-refractivity contribution in [3.63, 3.8) is 0 Å². The van der Waals surface area contributed by atoms with Crippen LogP contribution in [0.25, 0.3) is 21.5 Å². The summed E-state index contributed by atoms with van der Waals surface area (Å²) in [5.41, 5.74) is 6.37. The van der Waals surface area contributed by atoms with Crippen molar-refractivity contribution in [2.45, 2.75) is 25.7 Å². The van der Waals surface area contributed by atoms with Gasteiger partial charge in [0.2, 0.25) is 5.91 Å². The number of carboxylic acid groups (broad SMARTS) is 1. The van der Waals surface area contributed by atoms with Gasteiger partial charge in [0.15, 0.2) is 19.7 Å².